The van der Waals surface area contributed by atoms with Crippen molar-refractivity contribution >= 4 is 23.7 Å². The van der Waals surface area contributed by atoms with E-state index in [-0.39, 0.29) is 29.0 Å². The lowest BCUT2D eigenvalue weighted by Crippen LogP contribution is -2.42. The summed E-state index contributed by atoms with van der Waals surface area (Å²) in [4.78, 5) is 13.8. The number of hydrogen-bond acceptors (Lipinski definition) is 6. The van der Waals surface area contributed by atoms with Crippen molar-refractivity contribution in [2.75, 3.05) is 39.5 Å². The smallest absolute Gasteiger partial charge is 0.254 e. The van der Waals surface area contributed by atoms with Crippen LogP contribution in [0.1, 0.15) is 12.5 Å². The van der Waals surface area contributed by atoms with Crippen molar-refractivity contribution < 1.29 is 19.4 Å². The molecule has 0 bridgehead atoms. The molecular weight excluding hydrogens is 322 g/mol. The average molecular weight is 342 g/mol. The van der Waals surface area contributed by atoms with Crippen LogP contribution in [0.2, 0.25) is 5.02 Å². The van der Waals surface area contributed by atoms with E-state index in [1.165, 1.54) is 12.3 Å². The zero-order chi connectivity index (χ0) is 16.7. The van der Waals surface area contributed by atoms with E-state index in [0.717, 1.165) is 13.1 Å². The molecule has 1 saturated heterocycles. The number of nitrogens with one attached hydrogen (secondary N) is 1. The maximum absolute atomic E-state index is 11.8. The number of hydrazone groups is 1. The summed E-state index contributed by atoms with van der Waals surface area (Å²) in [5.41, 5.74) is 3.08. The monoisotopic (exact) mass is 341 g/mol. The standard InChI is InChI=1S/C15H20ClN3O4/c1-2-23-13-8-11(7-12(16)15(13)21)9-17-18-14(20)10-19-3-5-22-6-4-19/h7-9,21H,2-6,10H2,1H3,(H,18,20). The lowest BCUT2D eigenvalue weighted by molar-refractivity contribution is -0.123. The molecule has 126 valence electrons. The molecule has 0 radical (unpaired) electrons. The van der Waals surface area contributed by atoms with Gasteiger partial charge in [0.1, 0.15) is 0 Å². The Bertz CT molecular complexity index is 574. The van der Waals surface area contributed by atoms with E-state index >= 15 is 0 Å². The van der Waals surface area contributed by atoms with Crippen molar-refractivity contribution in [3.8, 4) is 11.5 Å². The van der Waals surface area contributed by atoms with Gasteiger partial charge in [0.05, 0.1) is 37.6 Å². The summed E-state index contributed by atoms with van der Waals surface area (Å²) in [6.45, 7) is 5.25. The van der Waals surface area contributed by atoms with Crippen LogP contribution in [0.4, 0.5) is 0 Å². The Labute approximate surface area is 139 Å². The van der Waals surface area contributed by atoms with E-state index < -0.39 is 0 Å². The summed E-state index contributed by atoms with van der Waals surface area (Å²) in [5.74, 6) is -0.0267. The first-order valence-electron chi connectivity index (χ1n) is 7.37. The van der Waals surface area contributed by atoms with Crippen molar-refractivity contribution in [3.63, 3.8) is 0 Å². The quantitative estimate of drug-likeness (QED) is 0.600. The minimum absolute atomic E-state index is 0.109. The first-order valence-corrected chi connectivity index (χ1v) is 7.75. The molecule has 23 heavy (non-hydrogen) atoms. The third-order valence-corrected chi connectivity index (χ3v) is 3.51. The Morgan fingerprint density at radius 1 is 1.52 bits per heavy atom. The highest BCUT2D eigenvalue weighted by Crippen LogP contribution is 2.34. The number of phenolic OH excluding ortho intramolecular Hbond substituents is 1. The van der Waals surface area contributed by atoms with Crippen LogP contribution < -0.4 is 10.2 Å². The summed E-state index contributed by atoms with van der Waals surface area (Å²) in [6, 6.07) is 3.14. The van der Waals surface area contributed by atoms with Crippen LogP contribution >= 0.6 is 11.6 Å². The Morgan fingerprint density at radius 2 is 2.26 bits per heavy atom. The number of ether oxygens (including phenoxy) is 2. The molecule has 0 aliphatic carbocycles. The summed E-state index contributed by atoms with van der Waals surface area (Å²) >= 11 is 5.93. The fraction of sp³-hybridized carbons (Fsp3) is 0.467. The highest BCUT2D eigenvalue weighted by atomic mass is 35.5. The number of rotatable bonds is 6. The number of carbonyl (C=O) groups is 1. The highest BCUT2D eigenvalue weighted by Gasteiger charge is 2.13. The van der Waals surface area contributed by atoms with Crippen LogP contribution in [-0.4, -0.2) is 61.6 Å². The first-order chi connectivity index (χ1) is 11.1. The molecule has 1 aromatic carbocycles. The number of carbonyl (C=O) groups excluding carboxylic acids is 1. The topological polar surface area (TPSA) is 83.4 Å². The van der Waals surface area contributed by atoms with Crippen LogP contribution in [-0.2, 0) is 9.53 Å². The van der Waals surface area contributed by atoms with Crippen LogP contribution in [0.15, 0.2) is 17.2 Å². The molecule has 7 nitrogen and oxygen atoms in total. The molecule has 2 N–H and O–H groups in total. The summed E-state index contributed by atoms with van der Waals surface area (Å²) in [5, 5.41) is 13.8. The van der Waals surface area contributed by atoms with Gasteiger partial charge < -0.3 is 14.6 Å². The van der Waals surface area contributed by atoms with Gasteiger partial charge in [-0.15, -0.1) is 0 Å². The molecule has 0 spiro atoms. The van der Waals surface area contributed by atoms with Crippen molar-refractivity contribution in [1.82, 2.24) is 10.3 Å². The zero-order valence-corrected chi connectivity index (χ0v) is 13.7. The van der Waals surface area contributed by atoms with Crippen LogP contribution in [0.25, 0.3) is 0 Å². The number of phenols is 1. The highest BCUT2D eigenvalue weighted by molar-refractivity contribution is 6.32. The van der Waals surface area contributed by atoms with Crippen LogP contribution in [0.5, 0.6) is 11.5 Å². The minimum atomic E-state index is -0.196. The van der Waals surface area contributed by atoms with E-state index in [1.807, 2.05) is 4.90 Å². The molecule has 0 unspecified atom stereocenters. The largest absolute Gasteiger partial charge is 0.503 e. The predicted molar refractivity (Wildman–Crippen MR) is 87.3 cm³/mol. The maximum atomic E-state index is 11.8. The second kappa shape index (κ2) is 8.71. The normalized spacial score (nSPS) is 15.7. The SMILES string of the molecule is CCOc1cc(C=NNC(=O)CN2CCOCC2)cc(Cl)c1O. The fourth-order valence-corrected chi connectivity index (χ4v) is 2.33. The van der Waals surface area contributed by atoms with Gasteiger partial charge in [0.15, 0.2) is 11.5 Å². The van der Waals surface area contributed by atoms with E-state index in [2.05, 4.69) is 10.5 Å². The van der Waals surface area contributed by atoms with Crippen molar-refractivity contribution in [2.24, 2.45) is 5.10 Å². The Hall–Kier alpha value is -1.83. The van der Waals surface area contributed by atoms with Gasteiger partial charge in [0.2, 0.25) is 0 Å². The van der Waals surface area contributed by atoms with E-state index in [9.17, 15) is 9.90 Å². The molecule has 1 amide bonds. The molecule has 1 fully saturated rings. The Balaban J connectivity index is 1.90. The predicted octanol–water partition coefficient (Wildman–Crippen LogP) is 1.23. The summed E-state index contributed by atoms with van der Waals surface area (Å²) in [6.07, 6.45) is 1.45. The summed E-state index contributed by atoms with van der Waals surface area (Å²) in [7, 11) is 0. The Kier molecular flexibility index (Phi) is 6.64. The molecule has 2 rings (SSSR count). The third-order valence-electron chi connectivity index (χ3n) is 3.22. The third kappa shape index (κ3) is 5.38. The molecular formula is C15H20ClN3O4. The van der Waals surface area contributed by atoms with E-state index in [1.54, 1.807) is 13.0 Å². The molecule has 0 aromatic heterocycles. The number of aromatic hydroxyl groups is 1. The average Bonchev–Trinajstić information content (AvgIpc) is 2.53. The van der Waals surface area contributed by atoms with Gasteiger partial charge in [-0.25, -0.2) is 5.43 Å². The van der Waals surface area contributed by atoms with Crippen molar-refractivity contribution in [3.05, 3.63) is 22.7 Å². The number of amides is 1. The first kappa shape index (κ1) is 17.5. The number of benzene rings is 1. The van der Waals surface area contributed by atoms with Crippen molar-refractivity contribution in [1.29, 1.82) is 0 Å². The molecule has 1 aliphatic heterocycles. The second-order valence-electron chi connectivity index (χ2n) is 4.96. The molecule has 1 aromatic rings. The van der Waals surface area contributed by atoms with Crippen molar-refractivity contribution in [2.45, 2.75) is 6.92 Å². The molecule has 0 atom stereocenters. The molecule has 1 heterocycles. The lowest BCUT2D eigenvalue weighted by atomic mass is 10.2. The Morgan fingerprint density at radius 3 is 2.96 bits per heavy atom. The molecule has 0 saturated carbocycles. The fourth-order valence-electron chi connectivity index (χ4n) is 2.11. The number of morpholine rings is 1. The van der Waals surface area contributed by atoms with Gasteiger partial charge in [-0.3, -0.25) is 9.69 Å². The van der Waals surface area contributed by atoms with Crippen LogP contribution in [0, 0.1) is 0 Å². The maximum Gasteiger partial charge on any atom is 0.254 e. The van der Waals surface area contributed by atoms with Gasteiger partial charge in [-0.05, 0) is 24.6 Å². The summed E-state index contributed by atoms with van der Waals surface area (Å²) < 4.78 is 10.5. The number of halogens is 1. The molecule has 8 heteroatoms. The number of hydrogen-bond donors (Lipinski definition) is 2. The van der Waals surface area contributed by atoms with Crippen LogP contribution in [0.3, 0.4) is 0 Å². The minimum Gasteiger partial charge on any atom is -0.503 e. The zero-order valence-electron chi connectivity index (χ0n) is 12.9. The van der Waals surface area contributed by atoms with Gasteiger partial charge >= 0.3 is 0 Å². The van der Waals surface area contributed by atoms with Gasteiger partial charge in [0, 0.05) is 13.1 Å². The lowest BCUT2D eigenvalue weighted by Gasteiger charge is -2.25. The van der Waals surface area contributed by atoms with E-state index in [0.29, 0.717) is 25.4 Å². The van der Waals surface area contributed by atoms with Gasteiger partial charge in [-0.2, -0.15) is 5.10 Å². The van der Waals surface area contributed by atoms with E-state index in [4.69, 9.17) is 21.1 Å². The second-order valence-corrected chi connectivity index (χ2v) is 5.37. The van der Waals surface area contributed by atoms with Gasteiger partial charge in [-0.1, -0.05) is 11.6 Å². The number of nitrogens with zero attached hydrogens (tertiary/aromatic N) is 2. The van der Waals surface area contributed by atoms with Gasteiger partial charge in [0.25, 0.3) is 5.91 Å². The molecule has 1 aliphatic rings.